The third kappa shape index (κ3) is 3.01. The Bertz CT molecular complexity index is 771. The molecule has 0 spiro atoms. The lowest BCUT2D eigenvalue weighted by Gasteiger charge is -2.22. The maximum atomic E-state index is 10.4. The van der Waals surface area contributed by atoms with Crippen LogP contribution in [0.2, 0.25) is 0 Å². The first kappa shape index (κ1) is 15.4. The Morgan fingerprint density at radius 3 is 1.57 bits per heavy atom. The SMILES string of the molecule is COc1ccccc1P(c1ccccc1O)c1ccccc1O. The Morgan fingerprint density at radius 1 is 0.652 bits per heavy atom. The van der Waals surface area contributed by atoms with Crippen molar-refractivity contribution in [2.45, 2.75) is 0 Å². The third-order valence-electron chi connectivity index (χ3n) is 3.57. The van der Waals surface area contributed by atoms with Crippen LogP contribution in [0, 0.1) is 0 Å². The van der Waals surface area contributed by atoms with E-state index in [2.05, 4.69) is 0 Å². The second kappa shape index (κ2) is 6.72. The molecule has 3 aromatic rings. The van der Waals surface area contributed by atoms with Crippen molar-refractivity contribution in [2.24, 2.45) is 0 Å². The van der Waals surface area contributed by atoms with E-state index in [1.807, 2.05) is 48.5 Å². The largest absolute Gasteiger partial charge is 0.507 e. The Morgan fingerprint density at radius 2 is 1.09 bits per heavy atom. The summed E-state index contributed by atoms with van der Waals surface area (Å²) in [5.41, 5.74) is 0. The predicted octanol–water partition coefficient (Wildman–Crippen LogP) is 2.86. The molecule has 0 atom stereocenters. The van der Waals surface area contributed by atoms with Crippen molar-refractivity contribution in [3.63, 3.8) is 0 Å². The molecule has 0 aliphatic rings. The van der Waals surface area contributed by atoms with Crippen LogP contribution in [0.4, 0.5) is 0 Å². The van der Waals surface area contributed by atoms with E-state index in [0.29, 0.717) is 0 Å². The lowest BCUT2D eigenvalue weighted by Crippen LogP contribution is -2.22. The van der Waals surface area contributed by atoms with Crippen molar-refractivity contribution in [2.75, 3.05) is 7.11 Å². The molecule has 4 heteroatoms. The molecule has 0 aromatic heterocycles. The molecule has 0 aliphatic heterocycles. The maximum Gasteiger partial charge on any atom is 0.127 e. The fraction of sp³-hybridized carbons (Fsp3) is 0.0526. The predicted molar refractivity (Wildman–Crippen MR) is 95.0 cm³/mol. The smallest absolute Gasteiger partial charge is 0.127 e. The fourth-order valence-electron chi connectivity index (χ4n) is 2.51. The van der Waals surface area contributed by atoms with Gasteiger partial charge in [0.1, 0.15) is 17.2 Å². The quantitative estimate of drug-likeness (QED) is 0.726. The van der Waals surface area contributed by atoms with Gasteiger partial charge in [0.05, 0.1) is 7.11 Å². The minimum atomic E-state index is -1.14. The molecule has 0 bridgehead atoms. The number of phenolic OH excluding ortho intramolecular Hbond substituents is 2. The number of benzene rings is 3. The molecule has 0 radical (unpaired) electrons. The summed E-state index contributed by atoms with van der Waals surface area (Å²) >= 11 is 0. The Labute approximate surface area is 136 Å². The molecule has 2 N–H and O–H groups in total. The average Bonchev–Trinajstić information content (AvgIpc) is 2.59. The van der Waals surface area contributed by atoms with Gasteiger partial charge in [-0.1, -0.05) is 54.6 Å². The molecule has 116 valence electrons. The van der Waals surface area contributed by atoms with Crippen LogP contribution >= 0.6 is 7.92 Å². The normalized spacial score (nSPS) is 10.7. The van der Waals surface area contributed by atoms with Crippen LogP contribution < -0.4 is 20.7 Å². The molecule has 3 aromatic carbocycles. The Balaban J connectivity index is 2.27. The summed E-state index contributed by atoms with van der Waals surface area (Å²) in [5, 5.41) is 23.2. The van der Waals surface area contributed by atoms with E-state index in [1.165, 1.54) is 0 Å². The number of phenols is 2. The molecule has 23 heavy (non-hydrogen) atoms. The van der Waals surface area contributed by atoms with E-state index in [4.69, 9.17) is 4.74 Å². The number of ether oxygens (including phenoxy) is 1. The summed E-state index contributed by atoms with van der Waals surface area (Å²) in [6, 6.07) is 22.2. The second-order valence-corrected chi connectivity index (χ2v) is 7.10. The van der Waals surface area contributed by atoms with Gasteiger partial charge in [0, 0.05) is 15.9 Å². The Kier molecular flexibility index (Phi) is 4.50. The van der Waals surface area contributed by atoms with Crippen molar-refractivity contribution in [1.29, 1.82) is 0 Å². The third-order valence-corrected chi connectivity index (χ3v) is 6.14. The van der Waals surface area contributed by atoms with E-state index < -0.39 is 7.92 Å². The van der Waals surface area contributed by atoms with Gasteiger partial charge in [-0.3, -0.25) is 0 Å². The van der Waals surface area contributed by atoms with Gasteiger partial charge in [-0.15, -0.1) is 0 Å². The van der Waals surface area contributed by atoms with E-state index in [1.54, 1.807) is 31.4 Å². The van der Waals surface area contributed by atoms with Gasteiger partial charge in [-0.05, 0) is 26.1 Å². The number of hydrogen-bond donors (Lipinski definition) is 2. The molecule has 0 saturated carbocycles. The van der Waals surface area contributed by atoms with E-state index in [-0.39, 0.29) is 11.5 Å². The number of aromatic hydroxyl groups is 2. The Hall–Kier alpha value is -2.51. The van der Waals surface area contributed by atoms with Crippen molar-refractivity contribution in [3.05, 3.63) is 72.8 Å². The van der Waals surface area contributed by atoms with Crippen LogP contribution in [0.15, 0.2) is 72.8 Å². The first-order chi connectivity index (χ1) is 11.2. The minimum Gasteiger partial charge on any atom is -0.507 e. The van der Waals surface area contributed by atoms with E-state index in [9.17, 15) is 10.2 Å². The number of para-hydroxylation sites is 3. The van der Waals surface area contributed by atoms with Gasteiger partial charge in [0.25, 0.3) is 0 Å². The molecule has 0 amide bonds. The van der Waals surface area contributed by atoms with Crippen LogP contribution in [0.3, 0.4) is 0 Å². The molecule has 0 saturated heterocycles. The molecule has 3 rings (SSSR count). The van der Waals surface area contributed by atoms with Gasteiger partial charge in [-0.25, -0.2) is 0 Å². The van der Waals surface area contributed by atoms with Gasteiger partial charge in [0.2, 0.25) is 0 Å². The van der Waals surface area contributed by atoms with E-state index >= 15 is 0 Å². The lowest BCUT2D eigenvalue weighted by atomic mass is 10.3. The number of hydrogen-bond acceptors (Lipinski definition) is 3. The molecular formula is C19H17O3P. The first-order valence-electron chi connectivity index (χ1n) is 7.21. The maximum absolute atomic E-state index is 10.4. The molecular weight excluding hydrogens is 307 g/mol. The number of rotatable bonds is 4. The van der Waals surface area contributed by atoms with Crippen LogP contribution in [0.5, 0.6) is 17.2 Å². The van der Waals surface area contributed by atoms with Crippen LogP contribution in [0.25, 0.3) is 0 Å². The van der Waals surface area contributed by atoms with Crippen molar-refractivity contribution >= 4 is 23.8 Å². The lowest BCUT2D eigenvalue weighted by molar-refractivity contribution is 0.418. The zero-order chi connectivity index (χ0) is 16.2. The topological polar surface area (TPSA) is 49.7 Å². The number of methoxy groups -OCH3 is 1. The highest BCUT2D eigenvalue weighted by molar-refractivity contribution is 7.80. The molecule has 0 aliphatic carbocycles. The van der Waals surface area contributed by atoms with Gasteiger partial charge < -0.3 is 14.9 Å². The monoisotopic (exact) mass is 324 g/mol. The zero-order valence-corrected chi connectivity index (χ0v) is 13.6. The molecule has 0 heterocycles. The van der Waals surface area contributed by atoms with Crippen LogP contribution in [0.1, 0.15) is 0 Å². The summed E-state index contributed by atoms with van der Waals surface area (Å²) in [6.45, 7) is 0. The van der Waals surface area contributed by atoms with E-state index in [0.717, 1.165) is 21.7 Å². The zero-order valence-electron chi connectivity index (χ0n) is 12.7. The summed E-state index contributed by atoms with van der Waals surface area (Å²) in [7, 11) is 0.488. The van der Waals surface area contributed by atoms with Gasteiger partial charge >= 0.3 is 0 Å². The van der Waals surface area contributed by atoms with Crippen molar-refractivity contribution in [1.82, 2.24) is 0 Å². The summed E-state index contributed by atoms with van der Waals surface area (Å²) in [6.07, 6.45) is 0. The summed E-state index contributed by atoms with van der Waals surface area (Å²) < 4.78 is 5.50. The second-order valence-electron chi connectivity index (χ2n) is 4.98. The first-order valence-corrected chi connectivity index (χ1v) is 8.55. The van der Waals surface area contributed by atoms with Crippen LogP contribution in [-0.2, 0) is 0 Å². The molecule has 3 nitrogen and oxygen atoms in total. The van der Waals surface area contributed by atoms with Crippen molar-refractivity contribution < 1.29 is 14.9 Å². The highest BCUT2D eigenvalue weighted by Gasteiger charge is 2.24. The van der Waals surface area contributed by atoms with Gasteiger partial charge in [-0.2, -0.15) is 0 Å². The van der Waals surface area contributed by atoms with Crippen LogP contribution in [-0.4, -0.2) is 17.3 Å². The average molecular weight is 324 g/mol. The summed E-state index contributed by atoms with van der Waals surface area (Å²) in [5.74, 6) is 1.17. The minimum absolute atomic E-state index is 0.216. The highest BCUT2D eigenvalue weighted by atomic mass is 31.1. The van der Waals surface area contributed by atoms with Crippen molar-refractivity contribution in [3.8, 4) is 17.2 Å². The fourth-order valence-corrected chi connectivity index (χ4v) is 4.99. The highest BCUT2D eigenvalue weighted by Crippen LogP contribution is 2.41. The standard InChI is InChI=1S/C19H17O3P/c1-22-16-10-4-7-13-19(16)23(17-11-5-2-8-14(17)20)18-12-6-3-9-15(18)21/h2-13,20-21H,1H3. The van der Waals surface area contributed by atoms with Gasteiger partial charge in [0.15, 0.2) is 0 Å². The molecule has 0 unspecified atom stereocenters. The molecule has 0 fully saturated rings. The summed E-state index contributed by atoms with van der Waals surface area (Å²) in [4.78, 5) is 0.